The number of benzene rings is 2. The number of halogens is 5. The first-order valence-electron chi connectivity index (χ1n) is 7.85. The van der Waals surface area contributed by atoms with Crippen LogP contribution in [0.25, 0.3) is 0 Å². The Hall–Kier alpha value is -2.28. The van der Waals surface area contributed by atoms with Crippen LogP contribution in [0.3, 0.4) is 0 Å². The minimum atomic E-state index is -4.48. The van der Waals surface area contributed by atoms with Crippen LogP contribution in [0.5, 0.6) is 0 Å². The molecule has 0 atom stereocenters. The normalized spacial score (nSPS) is 15.1. The molecule has 3 nitrogen and oxygen atoms in total. The topological polar surface area (TPSA) is 23.6 Å². The SMILES string of the molecule is Cc1c(N2CCN(Cc3ccc(F)cc3Cl)C2=O)cccc1C(F)(F)F. The average Bonchev–Trinajstić information content (AvgIpc) is 2.90. The van der Waals surface area contributed by atoms with Gasteiger partial charge in [0, 0.05) is 30.3 Å². The third-order valence-corrected chi connectivity index (χ3v) is 4.72. The number of amides is 2. The van der Waals surface area contributed by atoms with Crippen molar-refractivity contribution >= 4 is 23.3 Å². The molecule has 1 fully saturated rings. The molecule has 1 aliphatic heterocycles. The van der Waals surface area contributed by atoms with Gasteiger partial charge in [-0.05, 0) is 42.3 Å². The zero-order chi connectivity index (χ0) is 19.1. The number of alkyl halides is 3. The molecule has 2 aromatic carbocycles. The highest BCUT2D eigenvalue weighted by Crippen LogP contribution is 2.36. The summed E-state index contributed by atoms with van der Waals surface area (Å²) in [6.45, 7) is 2.11. The smallest absolute Gasteiger partial charge is 0.318 e. The largest absolute Gasteiger partial charge is 0.416 e. The molecule has 0 spiro atoms. The molecule has 0 aliphatic carbocycles. The van der Waals surface area contributed by atoms with Gasteiger partial charge in [-0.3, -0.25) is 4.90 Å². The van der Waals surface area contributed by atoms with Gasteiger partial charge in [0.2, 0.25) is 0 Å². The van der Waals surface area contributed by atoms with Crippen molar-refractivity contribution in [2.75, 3.05) is 18.0 Å². The van der Waals surface area contributed by atoms with E-state index in [2.05, 4.69) is 0 Å². The summed E-state index contributed by atoms with van der Waals surface area (Å²) in [5, 5.41) is 0.200. The van der Waals surface area contributed by atoms with Crippen molar-refractivity contribution in [3.8, 4) is 0 Å². The number of urea groups is 1. The highest BCUT2D eigenvalue weighted by Gasteiger charge is 2.36. The lowest BCUT2D eigenvalue weighted by atomic mass is 10.1. The number of anilines is 1. The van der Waals surface area contributed by atoms with Crippen molar-refractivity contribution in [1.82, 2.24) is 4.90 Å². The maximum absolute atomic E-state index is 13.1. The van der Waals surface area contributed by atoms with Crippen LogP contribution in [-0.4, -0.2) is 24.0 Å². The highest BCUT2D eigenvalue weighted by molar-refractivity contribution is 6.31. The molecule has 1 aliphatic rings. The van der Waals surface area contributed by atoms with Gasteiger partial charge in [0.05, 0.1) is 5.56 Å². The predicted octanol–water partition coefficient (Wildman–Crippen LogP) is 5.25. The first kappa shape index (κ1) is 18.5. The number of rotatable bonds is 3. The van der Waals surface area contributed by atoms with Crippen molar-refractivity contribution < 1.29 is 22.4 Å². The fraction of sp³-hybridized carbons (Fsp3) is 0.278. The molecule has 0 unspecified atom stereocenters. The summed E-state index contributed by atoms with van der Waals surface area (Å²) < 4.78 is 52.4. The second-order valence-corrected chi connectivity index (χ2v) is 6.45. The maximum atomic E-state index is 13.1. The van der Waals surface area contributed by atoms with E-state index in [1.54, 1.807) is 0 Å². The quantitative estimate of drug-likeness (QED) is 0.661. The second-order valence-electron chi connectivity index (χ2n) is 6.04. The third-order valence-electron chi connectivity index (χ3n) is 4.37. The molecular weight excluding hydrogens is 372 g/mol. The van der Waals surface area contributed by atoms with E-state index in [0.717, 1.165) is 12.1 Å². The lowest BCUT2D eigenvalue weighted by molar-refractivity contribution is -0.138. The molecule has 1 saturated heterocycles. The molecule has 0 bridgehead atoms. The second kappa shape index (κ2) is 6.79. The summed E-state index contributed by atoms with van der Waals surface area (Å²) in [7, 11) is 0. The maximum Gasteiger partial charge on any atom is 0.416 e. The molecule has 138 valence electrons. The molecule has 3 rings (SSSR count). The van der Waals surface area contributed by atoms with Gasteiger partial charge in [0.1, 0.15) is 5.82 Å². The minimum Gasteiger partial charge on any atom is -0.318 e. The summed E-state index contributed by atoms with van der Waals surface area (Å²) >= 11 is 5.99. The summed E-state index contributed by atoms with van der Waals surface area (Å²) in [6, 6.07) is 7.27. The van der Waals surface area contributed by atoms with E-state index in [1.807, 2.05) is 0 Å². The number of hydrogen-bond donors (Lipinski definition) is 0. The zero-order valence-electron chi connectivity index (χ0n) is 13.8. The van der Waals surface area contributed by atoms with Crippen LogP contribution in [0.4, 0.5) is 28.0 Å². The molecule has 0 saturated carbocycles. The van der Waals surface area contributed by atoms with Gasteiger partial charge >= 0.3 is 12.2 Å². The average molecular weight is 387 g/mol. The van der Waals surface area contributed by atoms with Crippen molar-refractivity contribution in [3.63, 3.8) is 0 Å². The number of hydrogen-bond acceptors (Lipinski definition) is 1. The first-order valence-corrected chi connectivity index (χ1v) is 8.23. The van der Waals surface area contributed by atoms with Crippen molar-refractivity contribution in [2.45, 2.75) is 19.6 Å². The Bertz CT molecular complexity index is 854. The van der Waals surface area contributed by atoms with Gasteiger partial charge in [-0.25, -0.2) is 9.18 Å². The van der Waals surface area contributed by atoms with E-state index in [9.17, 15) is 22.4 Å². The van der Waals surface area contributed by atoms with Crippen LogP contribution >= 0.6 is 11.6 Å². The molecule has 1 heterocycles. The van der Waals surface area contributed by atoms with Crippen molar-refractivity contribution in [1.29, 1.82) is 0 Å². The van der Waals surface area contributed by atoms with Crippen molar-refractivity contribution in [2.24, 2.45) is 0 Å². The van der Waals surface area contributed by atoms with Crippen LogP contribution in [0.2, 0.25) is 5.02 Å². The Labute approximate surface area is 152 Å². The molecule has 0 aromatic heterocycles. The standard InChI is InChI=1S/C18H15ClF4N2O/c1-11-14(18(21,22)23)3-2-4-16(11)25-8-7-24(17(25)26)10-12-5-6-13(20)9-15(12)19/h2-6,9H,7-8,10H2,1H3. The van der Waals surface area contributed by atoms with Crippen LogP contribution in [0, 0.1) is 12.7 Å². The van der Waals surface area contributed by atoms with Crippen LogP contribution in [0.1, 0.15) is 16.7 Å². The van der Waals surface area contributed by atoms with E-state index in [1.165, 1.54) is 41.0 Å². The molecule has 0 N–H and O–H groups in total. The number of carbonyl (C=O) groups excluding carboxylic acids is 1. The van der Waals surface area contributed by atoms with Gasteiger partial charge in [0.25, 0.3) is 0 Å². The van der Waals surface area contributed by atoms with Gasteiger partial charge in [-0.1, -0.05) is 23.7 Å². The monoisotopic (exact) mass is 386 g/mol. The number of carbonyl (C=O) groups is 1. The van der Waals surface area contributed by atoms with E-state index in [-0.39, 0.29) is 29.4 Å². The van der Waals surface area contributed by atoms with Crippen molar-refractivity contribution in [3.05, 3.63) is 63.9 Å². The molecule has 26 heavy (non-hydrogen) atoms. The van der Waals surface area contributed by atoms with Gasteiger partial charge in [-0.2, -0.15) is 13.2 Å². The van der Waals surface area contributed by atoms with Gasteiger partial charge in [0.15, 0.2) is 0 Å². The molecule has 2 amide bonds. The Morgan fingerprint density at radius 3 is 2.54 bits per heavy atom. The van der Waals surface area contributed by atoms with E-state index < -0.39 is 23.6 Å². The highest BCUT2D eigenvalue weighted by atomic mass is 35.5. The predicted molar refractivity (Wildman–Crippen MR) is 90.7 cm³/mol. The Morgan fingerprint density at radius 1 is 1.15 bits per heavy atom. The first-order chi connectivity index (χ1) is 12.2. The summed E-state index contributed by atoms with van der Waals surface area (Å²) in [6.07, 6.45) is -4.48. The number of nitrogens with zero attached hydrogens (tertiary/aromatic N) is 2. The molecule has 2 aromatic rings. The fourth-order valence-electron chi connectivity index (χ4n) is 3.03. The minimum absolute atomic E-state index is 0.00927. The van der Waals surface area contributed by atoms with Gasteiger partial charge < -0.3 is 4.90 Å². The molecule has 0 radical (unpaired) electrons. The molecular formula is C18H15ClF4N2O. The zero-order valence-corrected chi connectivity index (χ0v) is 14.5. The van der Waals surface area contributed by atoms with Crippen LogP contribution in [-0.2, 0) is 12.7 Å². The Balaban J connectivity index is 1.84. The van der Waals surface area contributed by atoms with Crippen LogP contribution < -0.4 is 4.90 Å². The summed E-state index contributed by atoms with van der Waals surface area (Å²) in [5.74, 6) is -0.479. The lowest BCUT2D eigenvalue weighted by Crippen LogP contribution is -2.32. The molecule has 8 heteroatoms. The Kier molecular flexibility index (Phi) is 4.84. The summed E-state index contributed by atoms with van der Waals surface area (Å²) in [4.78, 5) is 15.4. The van der Waals surface area contributed by atoms with E-state index >= 15 is 0 Å². The Morgan fingerprint density at radius 2 is 1.88 bits per heavy atom. The van der Waals surface area contributed by atoms with Crippen LogP contribution in [0.15, 0.2) is 36.4 Å². The van der Waals surface area contributed by atoms with E-state index in [4.69, 9.17) is 11.6 Å². The third kappa shape index (κ3) is 3.49. The van der Waals surface area contributed by atoms with E-state index in [0.29, 0.717) is 12.1 Å². The lowest BCUT2D eigenvalue weighted by Gasteiger charge is -2.22. The van der Waals surface area contributed by atoms with Gasteiger partial charge in [-0.15, -0.1) is 0 Å². The fourth-order valence-corrected chi connectivity index (χ4v) is 3.26. The summed E-state index contributed by atoms with van der Waals surface area (Å²) in [5.41, 5.74) is 0.0550.